The number of hydrogen-bond donors (Lipinski definition) is 0. The quantitative estimate of drug-likeness (QED) is 0.657. The zero-order chi connectivity index (χ0) is 11.3. The van der Waals surface area contributed by atoms with Crippen LogP contribution in [0.15, 0.2) is 12.1 Å². The summed E-state index contributed by atoms with van der Waals surface area (Å²) in [6.07, 6.45) is 2.45. The lowest BCUT2D eigenvalue weighted by atomic mass is 9.95. The first-order chi connectivity index (χ1) is 7.19. The summed E-state index contributed by atoms with van der Waals surface area (Å²) >= 11 is 1.95. The number of hydrogen-bond acceptors (Lipinski definition) is 1. The Bertz CT molecular complexity index is 351. The molecule has 1 aromatic heterocycles. The van der Waals surface area contributed by atoms with E-state index in [1.807, 2.05) is 18.3 Å². The summed E-state index contributed by atoms with van der Waals surface area (Å²) in [5, 5.41) is 0. The Morgan fingerprint density at radius 3 is 2.67 bits per heavy atom. The summed E-state index contributed by atoms with van der Waals surface area (Å²) in [5.74, 6) is 7.27. The summed E-state index contributed by atoms with van der Waals surface area (Å²) < 4.78 is 0. The van der Waals surface area contributed by atoms with E-state index in [1.54, 1.807) is 0 Å². The summed E-state index contributed by atoms with van der Waals surface area (Å²) in [6, 6.07) is 4.54. The predicted molar refractivity (Wildman–Crippen MR) is 69.3 cm³/mol. The third-order valence-electron chi connectivity index (χ3n) is 2.75. The van der Waals surface area contributed by atoms with Crippen LogP contribution in [0.1, 0.15) is 49.8 Å². The fourth-order valence-corrected chi connectivity index (χ4v) is 2.89. The van der Waals surface area contributed by atoms with Gasteiger partial charge in [0.25, 0.3) is 0 Å². The van der Waals surface area contributed by atoms with Gasteiger partial charge in [0.15, 0.2) is 0 Å². The van der Waals surface area contributed by atoms with Gasteiger partial charge in [0.2, 0.25) is 0 Å². The average Bonchev–Trinajstić information content (AvgIpc) is 2.66. The smallest absolute Gasteiger partial charge is 0.0248 e. The van der Waals surface area contributed by atoms with Crippen molar-refractivity contribution >= 4 is 11.3 Å². The van der Waals surface area contributed by atoms with Gasteiger partial charge < -0.3 is 0 Å². The van der Waals surface area contributed by atoms with E-state index in [-0.39, 0.29) is 0 Å². The molecule has 1 rings (SSSR count). The number of thiophene rings is 1. The Morgan fingerprint density at radius 2 is 2.07 bits per heavy atom. The highest BCUT2D eigenvalue weighted by atomic mass is 32.1. The van der Waals surface area contributed by atoms with Crippen molar-refractivity contribution in [1.29, 1.82) is 0 Å². The number of rotatable bonds is 4. The van der Waals surface area contributed by atoms with Crippen molar-refractivity contribution in [2.24, 2.45) is 5.92 Å². The molecule has 0 spiro atoms. The van der Waals surface area contributed by atoms with Crippen LogP contribution < -0.4 is 0 Å². The second-order valence-electron chi connectivity index (χ2n) is 4.03. The van der Waals surface area contributed by atoms with Gasteiger partial charge in [0.05, 0.1) is 0 Å². The minimum Gasteiger partial charge on any atom is -0.145 e. The topological polar surface area (TPSA) is 0 Å². The molecule has 1 aromatic rings. The summed E-state index contributed by atoms with van der Waals surface area (Å²) in [5.41, 5.74) is 0. The molecular weight excluding hydrogens is 200 g/mol. The van der Waals surface area contributed by atoms with E-state index >= 15 is 0 Å². The Hall–Kier alpha value is -0.740. The minimum absolute atomic E-state index is 0.461. The maximum absolute atomic E-state index is 3.24. The van der Waals surface area contributed by atoms with Crippen LogP contribution in [0, 0.1) is 17.8 Å². The van der Waals surface area contributed by atoms with Gasteiger partial charge >= 0.3 is 0 Å². The molecule has 0 aromatic carbocycles. The van der Waals surface area contributed by atoms with Crippen LogP contribution in [0.4, 0.5) is 0 Å². The van der Waals surface area contributed by atoms with Gasteiger partial charge in [-0.1, -0.05) is 33.1 Å². The minimum atomic E-state index is 0.461. The van der Waals surface area contributed by atoms with Gasteiger partial charge in [0.1, 0.15) is 0 Å². The molecule has 0 radical (unpaired) electrons. The normalized spacial score (nSPS) is 14.1. The highest BCUT2D eigenvalue weighted by molar-refractivity contribution is 7.12. The van der Waals surface area contributed by atoms with Crippen LogP contribution in [0.25, 0.3) is 0 Å². The number of aryl methyl sites for hydroxylation is 1. The van der Waals surface area contributed by atoms with E-state index in [2.05, 4.69) is 44.7 Å². The second-order valence-corrected chi connectivity index (χ2v) is 5.23. The van der Waals surface area contributed by atoms with Crippen molar-refractivity contribution in [1.82, 2.24) is 0 Å². The van der Waals surface area contributed by atoms with Crippen LogP contribution >= 0.6 is 11.3 Å². The Balaban J connectivity index is 2.71. The van der Waals surface area contributed by atoms with Gasteiger partial charge in [-0.3, -0.25) is 0 Å². The molecule has 0 nitrogen and oxygen atoms in total. The fourth-order valence-electron chi connectivity index (χ4n) is 1.62. The highest BCUT2D eigenvalue weighted by Crippen LogP contribution is 2.30. The summed E-state index contributed by atoms with van der Waals surface area (Å²) in [7, 11) is 0. The molecular formula is C14H20S. The van der Waals surface area contributed by atoms with Gasteiger partial charge in [-0.2, -0.15) is 0 Å². The van der Waals surface area contributed by atoms with Gasteiger partial charge in [-0.25, -0.2) is 0 Å². The molecule has 0 bridgehead atoms. The first kappa shape index (κ1) is 12.3. The average molecular weight is 220 g/mol. The van der Waals surface area contributed by atoms with E-state index in [0.717, 1.165) is 0 Å². The van der Waals surface area contributed by atoms with Crippen LogP contribution in [-0.4, -0.2) is 0 Å². The maximum Gasteiger partial charge on any atom is 0.0248 e. The molecule has 82 valence electrons. The van der Waals surface area contributed by atoms with Crippen molar-refractivity contribution in [3.05, 3.63) is 21.9 Å². The van der Waals surface area contributed by atoms with Crippen molar-refractivity contribution in [3.63, 3.8) is 0 Å². The highest BCUT2D eigenvalue weighted by Gasteiger charge is 2.14. The Kier molecular flexibility index (Phi) is 4.91. The lowest BCUT2D eigenvalue weighted by molar-refractivity contribution is 0.619. The molecule has 0 aliphatic carbocycles. The van der Waals surface area contributed by atoms with E-state index in [0.29, 0.717) is 11.8 Å². The SMILES string of the molecule is CC#CC(C)C(C)c1ccc(CCC)s1. The molecule has 0 saturated heterocycles. The van der Waals surface area contributed by atoms with Gasteiger partial charge in [0, 0.05) is 21.6 Å². The lowest BCUT2D eigenvalue weighted by Gasteiger charge is -2.12. The first-order valence-corrected chi connectivity index (χ1v) is 6.51. The van der Waals surface area contributed by atoms with E-state index in [9.17, 15) is 0 Å². The zero-order valence-electron chi connectivity index (χ0n) is 10.1. The molecule has 0 fully saturated rings. The molecule has 0 saturated carbocycles. The lowest BCUT2D eigenvalue weighted by Crippen LogP contribution is -2.01. The first-order valence-electron chi connectivity index (χ1n) is 5.69. The second kappa shape index (κ2) is 5.98. The van der Waals surface area contributed by atoms with Crippen LogP contribution in [0.2, 0.25) is 0 Å². The maximum atomic E-state index is 3.24. The van der Waals surface area contributed by atoms with E-state index in [4.69, 9.17) is 0 Å². The molecule has 0 aliphatic rings. The third kappa shape index (κ3) is 3.39. The van der Waals surface area contributed by atoms with Crippen molar-refractivity contribution < 1.29 is 0 Å². The van der Waals surface area contributed by atoms with E-state index < -0.39 is 0 Å². The van der Waals surface area contributed by atoms with Crippen LogP contribution in [-0.2, 0) is 6.42 Å². The zero-order valence-corrected chi connectivity index (χ0v) is 10.9. The van der Waals surface area contributed by atoms with Gasteiger partial charge in [-0.05, 0) is 25.5 Å². The van der Waals surface area contributed by atoms with Crippen molar-refractivity contribution in [3.8, 4) is 11.8 Å². The van der Waals surface area contributed by atoms with E-state index in [1.165, 1.54) is 22.6 Å². The molecule has 1 heteroatoms. The summed E-state index contributed by atoms with van der Waals surface area (Å²) in [4.78, 5) is 2.99. The molecule has 0 aliphatic heterocycles. The Morgan fingerprint density at radius 1 is 1.33 bits per heavy atom. The van der Waals surface area contributed by atoms with Crippen LogP contribution in [0.5, 0.6) is 0 Å². The molecule has 2 atom stereocenters. The largest absolute Gasteiger partial charge is 0.145 e. The standard InChI is InChI=1S/C14H20S/c1-5-7-11(3)12(4)14-10-9-13(15-14)8-6-2/h9-12H,6,8H2,1-4H3. The molecule has 15 heavy (non-hydrogen) atoms. The molecule has 0 N–H and O–H groups in total. The summed E-state index contributed by atoms with van der Waals surface area (Å²) in [6.45, 7) is 8.63. The predicted octanol–water partition coefficient (Wildman–Crippen LogP) is 4.46. The fraction of sp³-hybridized carbons (Fsp3) is 0.571. The molecule has 2 unspecified atom stereocenters. The third-order valence-corrected chi connectivity index (χ3v) is 4.10. The molecule has 0 amide bonds. The monoisotopic (exact) mass is 220 g/mol. The Labute approximate surface area is 97.7 Å². The van der Waals surface area contributed by atoms with Crippen molar-refractivity contribution in [2.75, 3.05) is 0 Å². The van der Waals surface area contributed by atoms with Crippen LogP contribution in [0.3, 0.4) is 0 Å². The van der Waals surface area contributed by atoms with Gasteiger partial charge in [-0.15, -0.1) is 17.3 Å². The van der Waals surface area contributed by atoms with Crippen molar-refractivity contribution in [2.45, 2.75) is 46.5 Å². The molecule has 1 heterocycles.